The molecule has 0 saturated heterocycles. The third kappa shape index (κ3) is 2.63. The average Bonchev–Trinajstić information content (AvgIpc) is 2.74. The first-order chi connectivity index (χ1) is 7.25. The van der Waals surface area contributed by atoms with Gasteiger partial charge in [-0.2, -0.15) is 0 Å². The van der Waals surface area contributed by atoms with Gasteiger partial charge in [0.1, 0.15) is 0 Å². The fourth-order valence-electron chi connectivity index (χ4n) is 1.50. The third-order valence-electron chi connectivity index (χ3n) is 2.44. The van der Waals surface area contributed by atoms with Gasteiger partial charge in [0, 0.05) is 5.56 Å². The highest BCUT2D eigenvalue weighted by atomic mass is 35.5. The van der Waals surface area contributed by atoms with Gasteiger partial charge in [-0.15, -0.1) is 11.6 Å². The Morgan fingerprint density at radius 1 is 1.20 bits per heavy atom. The molecule has 0 aliphatic carbocycles. The van der Waals surface area contributed by atoms with Crippen LogP contribution >= 0.6 is 11.6 Å². The zero-order valence-electron chi connectivity index (χ0n) is 8.61. The molecule has 1 aromatic carbocycles. The molecule has 2 heteroatoms. The molecular weight excluding hydrogens is 208 g/mol. The molecular formula is C13H13ClO. The van der Waals surface area contributed by atoms with Gasteiger partial charge in [0.25, 0.3) is 0 Å². The Kier molecular flexibility index (Phi) is 3.12. The maximum absolute atomic E-state index is 6.26. The van der Waals surface area contributed by atoms with Crippen molar-refractivity contribution in [3.63, 3.8) is 0 Å². The van der Waals surface area contributed by atoms with Gasteiger partial charge in [0.05, 0.1) is 17.9 Å². The summed E-state index contributed by atoms with van der Waals surface area (Å²) in [4.78, 5) is 0. The van der Waals surface area contributed by atoms with Crippen LogP contribution in [0.2, 0.25) is 0 Å². The average molecular weight is 221 g/mol. The summed E-state index contributed by atoms with van der Waals surface area (Å²) in [6.45, 7) is 2.08. The first-order valence-corrected chi connectivity index (χ1v) is 5.41. The van der Waals surface area contributed by atoms with Gasteiger partial charge in [-0.25, -0.2) is 0 Å². The molecule has 15 heavy (non-hydrogen) atoms. The first-order valence-electron chi connectivity index (χ1n) is 4.97. The Labute approximate surface area is 94.7 Å². The van der Waals surface area contributed by atoms with Crippen molar-refractivity contribution in [3.05, 3.63) is 59.5 Å². The highest BCUT2D eigenvalue weighted by Gasteiger charge is 2.09. The molecule has 2 rings (SSSR count). The molecule has 0 saturated carbocycles. The quantitative estimate of drug-likeness (QED) is 0.710. The third-order valence-corrected chi connectivity index (χ3v) is 2.85. The number of rotatable bonds is 3. The molecule has 0 radical (unpaired) electrons. The Balaban J connectivity index is 2.06. The molecule has 0 spiro atoms. The van der Waals surface area contributed by atoms with Crippen LogP contribution in [0, 0.1) is 6.92 Å². The molecule has 0 bridgehead atoms. The van der Waals surface area contributed by atoms with Crippen LogP contribution in [0.15, 0.2) is 47.3 Å². The lowest BCUT2D eigenvalue weighted by atomic mass is 10.1. The summed E-state index contributed by atoms with van der Waals surface area (Å²) in [7, 11) is 0. The van der Waals surface area contributed by atoms with Crippen LogP contribution in [0.5, 0.6) is 0 Å². The van der Waals surface area contributed by atoms with Crippen molar-refractivity contribution in [1.29, 1.82) is 0 Å². The molecule has 0 aliphatic heterocycles. The lowest BCUT2D eigenvalue weighted by Gasteiger charge is -2.07. The highest BCUT2D eigenvalue weighted by molar-refractivity contribution is 6.20. The summed E-state index contributed by atoms with van der Waals surface area (Å²) < 4.78 is 5.01. The van der Waals surface area contributed by atoms with E-state index in [-0.39, 0.29) is 5.38 Å². The summed E-state index contributed by atoms with van der Waals surface area (Å²) in [5.74, 6) is 0. The van der Waals surface area contributed by atoms with E-state index in [1.165, 1.54) is 11.1 Å². The second-order valence-electron chi connectivity index (χ2n) is 3.71. The van der Waals surface area contributed by atoms with Crippen molar-refractivity contribution in [1.82, 2.24) is 0 Å². The number of hydrogen-bond acceptors (Lipinski definition) is 1. The molecule has 0 aliphatic rings. The fourth-order valence-corrected chi connectivity index (χ4v) is 1.80. The molecule has 1 unspecified atom stereocenters. The van der Waals surface area contributed by atoms with E-state index in [1.54, 1.807) is 12.5 Å². The molecule has 2 aromatic rings. The normalized spacial score (nSPS) is 12.7. The summed E-state index contributed by atoms with van der Waals surface area (Å²) in [5.41, 5.74) is 3.56. The molecule has 78 valence electrons. The van der Waals surface area contributed by atoms with Crippen LogP contribution in [0.4, 0.5) is 0 Å². The second-order valence-corrected chi connectivity index (χ2v) is 4.24. The second kappa shape index (κ2) is 4.54. The van der Waals surface area contributed by atoms with Crippen LogP contribution in [0.1, 0.15) is 22.1 Å². The molecule has 0 N–H and O–H groups in total. The zero-order chi connectivity index (χ0) is 10.7. The van der Waals surface area contributed by atoms with E-state index in [9.17, 15) is 0 Å². The zero-order valence-corrected chi connectivity index (χ0v) is 9.37. The molecule has 1 aromatic heterocycles. The number of hydrogen-bond donors (Lipinski definition) is 0. The largest absolute Gasteiger partial charge is 0.472 e. The van der Waals surface area contributed by atoms with Gasteiger partial charge in [-0.1, -0.05) is 29.8 Å². The Hall–Kier alpha value is -1.21. The summed E-state index contributed by atoms with van der Waals surface area (Å²) in [5, 5.41) is -0.00791. The van der Waals surface area contributed by atoms with Crippen LogP contribution in [-0.2, 0) is 6.42 Å². The number of benzene rings is 1. The molecule has 0 amide bonds. The number of halogens is 1. The van der Waals surface area contributed by atoms with Crippen molar-refractivity contribution in [2.24, 2.45) is 0 Å². The van der Waals surface area contributed by atoms with Crippen molar-refractivity contribution < 1.29 is 4.42 Å². The predicted molar refractivity (Wildman–Crippen MR) is 62.2 cm³/mol. The lowest BCUT2D eigenvalue weighted by molar-refractivity contribution is 0.563. The molecule has 1 heterocycles. The van der Waals surface area contributed by atoms with Crippen LogP contribution in [0.25, 0.3) is 0 Å². The van der Waals surface area contributed by atoms with Crippen molar-refractivity contribution in [3.8, 4) is 0 Å². The minimum Gasteiger partial charge on any atom is -0.472 e. The van der Waals surface area contributed by atoms with Crippen molar-refractivity contribution in [2.45, 2.75) is 18.7 Å². The van der Waals surface area contributed by atoms with E-state index in [1.807, 2.05) is 6.07 Å². The SMILES string of the molecule is Cc1ccc(CC(Cl)c2ccoc2)cc1. The maximum Gasteiger partial charge on any atom is 0.0949 e. The number of furan rings is 1. The fraction of sp³-hybridized carbons (Fsp3) is 0.231. The van der Waals surface area contributed by atoms with Gasteiger partial charge < -0.3 is 4.42 Å². The Morgan fingerprint density at radius 2 is 1.93 bits per heavy atom. The summed E-state index contributed by atoms with van der Waals surface area (Å²) in [6, 6.07) is 10.4. The van der Waals surface area contributed by atoms with E-state index in [4.69, 9.17) is 16.0 Å². The van der Waals surface area contributed by atoms with Gasteiger partial charge in [0.15, 0.2) is 0 Å². The van der Waals surface area contributed by atoms with E-state index < -0.39 is 0 Å². The van der Waals surface area contributed by atoms with Gasteiger partial charge >= 0.3 is 0 Å². The van der Waals surface area contributed by atoms with Crippen LogP contribution < -0.4 is 0 Å². The minimum atomic E-state index is -0.00791. The van der Waals surface area contributed by atoms with E-state index >= 15 is 0 Å². The molecule has 1 atom stereocenters. The Bertz CT molecular complexity index is 403. The maximum atomic E-state index is 6.26. The topological polar surface area (TPSA) is 13.1 Å². The van der Waals surface area contributed by atoms with Crippen molar-refractivity contribution >= 4 is 11.6 Å². The van der Waals surface area contributed by atoms with E-state index in [0.29, 0.717) is 0 Å². The number of alkyl halides is 1. The van der Waals surface area contributed by atoms with Crippen molar-refractivity contribution in [2.75, 3.05) is 0 Å². The van der Waals surface area contributed by atoms with E-state index in [2.05, 4.69) is 31.2 Å². The van der Waals surface area contributed by atoms with Crippen LogP contribution in [-0.4, -0.2) is 0 Å². The summed E-state index contributed by atoms with van der Waals surface area (Å²) >= 11 is 6.26. The molecule has 1 nitrogen and oxygen atoms in total. The number of aryl methyl sites for hydroxylation is 1. The monoisotopic (exact) mass is 220 g/mol. The predicted octanol–water partition coefficient (Wildman–Crippen LogP) is 4.11. The first kappa shape index (κ1) is 10.3. The standard InChI is InChI=1S/C13H13ClO/c1-10-2-4-11(5-3-10)8-13(14)12-6-7-15-9-12/h2-7,9,13H,8H2,1H3. The van der Waals surface area contributed by atoms with E-state index in [0.717, 1.165) is 12.0 Å². The van der Waals surface area contributed by atoms with Crippen LogP contribution in [0.3, 0.4) is 0 Å². The minimum absolute atomic E-state index is 0.00791. The van der Waals surface area contributed by atoms with Gasteiger partial charge in [0.2, 0.25) is 0 Å². The summed E-state index contributed by atoms with van der Waals surface area (Å²) in [6.07, 6.45) is 4.19. The molecule has 0 fully saturated rings. The lowest BCUT2D eigenvalue weighted by Crippen LogP contribution is -1.94. The smallest absolute Gasteiger partial charge is 0.0949 e. The highest BCUT2D eigenvalue weighted by Crippen LogP contribution is 2.25. The van der Waals surface area contributed by atoms with Gasteiger partial charge in [-0.05, 0) is 25.0 Å². The van der Waals surface area contributed by atoms with Gasteiger partial charge in [-0.3, -0.25) is 0 Å². The Morgan fingerprint density at radius 3 is 2.53 bits per heavy atom.